The largest absolute Gasteiger partial charge is 0.454 e. The van der Waals surface area contributed by atoms with E-state index >= 15 is 0 Å². The maximum Gasteiger partial charge on any atom is 0.268 e. The lowest BCUT2D eigenvalue weighted by atomic mass is 9.92. The third-order valence-corrected chi connectivity index (χ3v) is 6.37. The zero-order valence-electron chi connectivity index (χ0n) is 19.2. The highest BCUT2D eigenvalue weighted by Gasteiger charge is 2.26. The number of Topliss-reactive ketones (excluding diaryl/α,β-unsaturated/α-hetero) is 1. The number of aromatic nitrogens is 1. The molecule has 0 bridgehead atoms. The predicted molar refractivity (Wildman–Crippen MR) is 127 cm³/mol. The van der Waals surface area contributed by atoms with Crippen molar-refractivity contribution in [1.29, 1.82) is 0 Å². The van der Waals surface area contributed by atoms with Gasteiger partial charge < -0.3 is 14.8 Å². The van der Waals surface area contributed by atoms with Gasteiger partial charge >= 0.3 is 0 Å². The fraction of sp³-hybridized carbons (Fsp3) is 0.296. The van der Waals surface area contributed by atoms with E-state index in [9.17, 15) is 14.4 Å². The molecule has 0 radical (unpaired) electrons. The van der Waals surface area contributed by atoms with Crippen molar-refractivity contribution in [2.75, 3.05) is 6.79 Å². The van der Waals surface area contributed by atoms with Gasteiger partial charge in [-0.25, -0.2) is 0 Å². The highest BCUT2D eigenvalue weighted by atomic mass is 16.7. The lowest BCUT2D eigenvalue weighted by Gasteiger charge is -2.22. The van der Waals surface area contributed by atoms with Crippen molar-refractivity contribution < 1.29 is 19.1 Å². The van der Waals surface area contributed by atoms with Crippen LogP contribution in [0.2, 0.25) is 0 Å². The van der Waals surface area contributed by atoms with Crippen molar-refractivity contribution in [3.63, 3.8) is 0 Å². The number of hydrogen-bond acceptors (Lipinski definition) is 5. The van der Waals surface area contributed by atoms with Gasteiger partial charge in [0.25, 0.3) is 11.5 Å². The topological polar surface area (TPSA) is 86.6 Å². The summed E-state index contributed by atoms with van der Waals surface area (Å²) in [5.41, 5.74) is 3.29. The second kappa shape index (κ2) is 8.82. The second-order valence-electron chi connectivity index (χ2n) is 8.95. The van der Waals surface area contributed by atoms with E-state index in [1.165, 1.54) is 10.6 Å². The number of fused-ring (bicyclic) bond motifs is 2. The third kappa shape index (κ3) is 3.98. The van der Waals surface area contributed by atoms with Gasteiger partial charge in [-0.15, -0.1) is 0 Å². The minimum absolute atomic E-state index is 0.0392. The van der Waals surface area contributed by atoms with Crippen molar-refractivity contribution in [1.82, 2.24) is 9.88 Å². The Balaban J connectivity index is 1.50. The Morgan fingerprint density at radius 3 is 2.53 bits per heavy atom. The van der Waals surface area contributed by atoms with Gasteiger partial charge in [-0.2, -0.15) is 0 Å². The predicted octanol–water partition coefficient (Wildman–Crippen LogP) is 4.14. The number of benzene rings is 2. The molecule has 1 aliphatic heterocycles. The summed E-state index contributed by atoms with van der Waals surface area (Å²) in [6, 6.07) is 14.6. The Morgan fingerprint density at radius 2 is 1.76 bits per heavy atom. The van der Waals surface area contributed by atoms with Crippen LogP contribution < -0.4 is 20.3 Å². The third-order valence-electron chi connectivity index (χ3n) is 6.37. The lowest BCUT2D eigenvalue weighted by Crippen LogP contribution is -2.36. The van der Waals surface area contributed by atoms with Crippen molar-refractivity contribution in [2.24, 2.45) is 0 Å². The molecule has 1 amide bonds. The standard InChI is InChI=1S/C27H26N2O5/c1-16(2)18-7-9-19(10-8-18)29-22-4-3-5-23(30)20(22)13-21(27(29)32)26(31)28-14-17-6-11-24-25(12-17)34-15-33-24/h6-13,16H,3-5,14-15H2,1-2H3,(H,28,31). The normalized spacial score (nSPS) is 14.3. The second-order valence-corrected chi connectivity index (χ2v) is 8.95. The van der Waals surface area contributed by atoms with Crippen molar-refractivity contribution >= 4 is 11.7 Å². The minimum Gasteiger partial charge on any atom is -0.454 e. The van der Waals surface area contributed by atoms with Crippen molar-refractivity contribution in [2.45, 2.75) is 45.6 Å². The van der Waals surface area contributed by atoms with Gasteiger partial charge in [0.1, 0.15) is 5.56 Å². The van der Waals surface area contributed by atoms with E-state index in [-0.39, 0.29) is 24.7 Å². The van der Waals surface area contributed by atoms with Crippen LogP contribution in [0, 0.1) is 0 Å². The summed E-state index contributed by atoms with van der Waals surface area (Å²) in [6.07, 6.45) is 1.71. The van der Waals surface area contributed by atoms with E-state index in [1.807, 2.05) is 30.3 Å². The zero-order valence-corrected chi connectivity index (χ0v) is 19.2. The summed E-state index contributed by atoms with van der Waals surface area (Å²) in [5.74, 6) is 1.08. The summed E-state index contributed by atoms with van der Waals surface area (Å²) >= 11 is 0. The zero-order chi connectivity index (χ0) is 23.8. The number of ketones is 1. The average molecular weight is 459 g/mol. The molecule has 1 aromatic heterocycles. The summed E-state index contributed by atoms with van der Waals surface area (Å²) in [6.45, 7) is 4.59. The fourth-order valence-corrected chi connectivity index (χ4v) is 4.46. The Morgan fingerprint density at radius 1 is 1.00 bits per heavy atom. The number of pyridine rings is 1. The van der Waals surface area contributed by atoms with Gasteiger partial charge in [-0.05, 0) is 60.2 Å². The Labute approximate surface area is 197 Å². The van der Waals surface area contributed by atoms with Gasteiger partial charge in [-0.1, -0.05) is 32.0 Å². The van der Waals surface area contributed by atoms with E-state index in [2.05, 4.69) is 19.2 Å². The first kappa shape index (κ1) is 21.9. The first-order valence-corrected chi connectivity index (χ1v) is 11.5. The van der Waals surface area contributed by atoms with Crippen LogP contribution in [0.15, 0.2) is 53.3 Å². The monoisotopic (exact) mass is 458 g/mol. The quantitative estimate of drug-likeness (QED) is 0.621. The minimum atomic E-state index is -0.517. The number of carbonyl (C=O) groups excluding carboxylic acids is 2. The molecule has 0 atom stereocenters. The molecule has 0 unspecified atom stereocenters. The molecule has 3 aromatic rings. The van der Waals surface area contributed by atoms with Crippen LogP contribution in [-0.4, -0.2) is 23.1 Å². The van der Waals surface area contributed by atoms with Crippen molar-refractivity contribution in [3.05, 3.63) is 86.8 Å². The van der Waals surface area contributed by atoms with Crippen LogP contribution in [0.4, 0.5) is 0 Å². The molecule has 0 saturated carbocycles. The van der Waals surface area contributed by atoms with Gasteiger partial charge in [0.15, 0.2) is 17.3 Å². The number of nitrogens with zero attached hydrogens (tertiary/aromatic N) is 1. The van der Waals surface area contributed by atoms with E-state index in [0.29, 0.717) is 53.6 Å². The molecule has 2 aromatic carbocycles. The highest BCUT2D eigenvalue weighted by Crippen LogP contribution is 2.32. The Hall–Kier alpha value is -3.87. The molecular formula is C27H26N2O5. The molecule has 2 aliphatic rings. The van der Waals surface area contributed by atoms with Crippen LogP contribution in [0.5, 0.6) is 11.5 Å². The molecule has 7 heteroatoms. The van der Waals surface area contributed by atoms with Crippen LogP contribution in [0.3, 0.4) is 0 Å². The lowest BCUT2D eigenvalue weighted by molar-refractivity contribution is 0.0949. The molecule has 174 valence electrons. The van der Waals surface area contributed by atoms with Gasteiger partial charge in [0.2, 0.25) is 6.79 Å². The summed E-state index contributed by atoms with van der Waals surface area (Å²) < 4.78 is 12.2. The van der Waals surface area contributed by atoms with E-state index in [1.54, 1.807) is 12.1 Å². The molecule has 34 heavy (non-hydrogen) atoms. The maximum absolute atomic E-state index is 13.5. The molecule has 5 rings (SSSR count). The van der Waals surface area contributed by atoms with Crippen LogP contribution >= 0.6 is 0 Å². The number of amides is 1. The number of ether oxygens (including phenoxy) is 2. The van der Waals surface area contributed by atoms with Crippen LogP contribution in [-0.2, 0) is 13.0 Å². The maximum atomic E-state index is 13.5. The molecule has 0 saturated heterocycles. The molecule has 1 aliphatic carbocycles. The molecule has 7 nitrogen and oxygen atoms in total. The molecule has 2 heterocycles. The van der Waals surface area contributed by atoms with E-state index in [4.69, 9.17) is 9.47 Å². The number of hydrogen-bond donors (Lipinski definition) is 1. The summed E-state index contributed by atoms with van der Waals surface area (Å²) in [4.78, 5) is 39.3. The van der Waals surface area contributed by atoms with E-state index < -0.39 is 11.5 Å². The summed E-state index contributed by atoms with van der Waals surface area (Å²) in [5, 5.41) is 2.81. The van der Waals surface area contributed by atoms with Crippen LogP contribution in [0.1, 0.15) is 70.1 Å². The Kier molecular flexibility index (Phi) is 5.69. The van der Waals surface area contributed by atoms with Gasteiger partial charge in [0.05, 0.1) is 0 Å². The first-order chi connectivity index (χ1) is 16.4. The highest BCUT2D eigenvalue weighted by molar-refractivity contribution is 6.02. The molecule has 0 spiro atoms. The van der Waals surface area contributed by atoms with Gasteiger partial charge in [0, 0.05) is 29.9 Å². The number of nitrogens with one attached hydrogen (secondary N) is 1. The van der Waals surface area contributed by atoms with Gasteiger partial charge in [-0.3, -0.25) is 19.0 Å². The number of rotatable bonds is 5. The van der Waals surface area contributed by atoms with E-state index in [0.717, 1.165) is 11.1 Å². The molecular weight excluding hydrogens is 432 g/mol. The SMILES string of the molecule is CC(C)c1ccc(-n2c3c(cc(C(=O)NCc4ccc5c(c4)OCO5)c2=O)C(=O)CCC3)cc1. The Bertz CT molecular complexity index is 1340. The average Bonchev–Trinajstić information content (AvgIpc) is 3.30. The van der Waals surface area contributed by atoms with Crippen molar-refractivity contribution in [3.8, 4) is 17.2 Å². The number of carbonyl (C=O) groups is 2. The first-order valence-electron chi connectivity index (χ1n) is 11.5. The van der Waals surface area contributed by atoms with Crippen LogP contribution in [0.25, 0.3) is 5.69 Å². The summed E-state index contributed by atoms with van der Waals surface area (Å²) in [7, 11) is 0. The molecule has 0 fully saturated rings. The fourth-order valence-electron chi connectivity index (χ4n) is 4.46. The molecule has 1 N–H and O–H groups in total. The smallest absolute Gasteiger partial charge is 0.268 e.